The second-order valence-electron chi connectivity index (χ2n) is 6.57. The molecule has 3 heterocycles. The van der Waals surface area contributed by atoms with Crippen molar-refractivity contribution in [3.8, 4) is 0 Å². The smallest absolute Gasteiger partial charge is 0.268 e. The number of rotatable bonds is 2. The first-order chi connectivity index (χ1) is 11.4. The number of fused-ring (bicyclic) bond motifs is 2. The lowest BCUT2D eigenvalue weighted by molar-refractivity contribution is 0.0780. The highest BCUT2D eigenvalue weighted by molar-refractivity contribution is 7.90. The van der Waals surface area contributed by atoms with Crippen molar-refractivity contribution in [2.45, 2.75) is 11.8 Å². The fraction of sp³-hybridized carbons (Fsp3) is 0.500. The molecule has 8 heteroatoms. The van der Waals surface area contributed by atoms with Crippen LogP contribution in [0.25, 0.3) is 0 Å². The molecule has 0 radical (unpaired) electrons. The monoisotopic (exact) mass is 349 g/mol. The summed E-state index contributed by atoms with van der Waals surface area (Å²) in [5.74, 6) is 0.270. The third-order valence-corrected chi connectivity index (χ3v) is 7.12. The Balaban J connectivity index is 1.65. The molecule has 1 aromatic carbocycles. The van der Waals surface area contributed by atoms with Crippen molar-refractivity contribution in [1.29, 1.82) is 0 Å². The molecule has 1 aromatic rings. The van der Waals surface area contributed by atoms with Crippen LogP contribution >= 0.6 is 0 Å². The lowest BCUT2D eigenvalue weighted by atomic mass is 10.0. The molecule has 0 spiro atoms. The zero-order valence-corrected chi connectivity index (χ0v) is 14.2. The minimum absolute atomic E-state index is 0.0544. The lowest BCUT2D eigenvalue weighted by Gasteiger charge is -2.17. The predicted molar refractivity (Wildman–Crippen MR) is 86.1 cm³/mol. The number of nitrogens with one attached hydrogen (secondary N) is 1. The number of sulfonamides is 1. The van der Waals surface area contributed by atoms with Gasteiger partial charge in [-0.05, 0) is 37.0 Å². The van der Waals surface area contributed by atoms with Crippen molar-refractivity contribution in [3.63, 3.8) is 0 Å². The van der Waals surface area contributed by atoms with E-state index in [0.717, 1.165) is 17.4 Å². The van der Waals surface area contributed by atoms with Crippen LogP contribution in [0, 0.1) is 11.8 Å². The average Bonchev–Trinajstić information content (AvgIpc) is 3.19. The van der Waals surface area contributed by atoms with Gasteiger partial charge >= 0.3 is 0 Å². The molecule has 4 rings (SSSR count). The molecule has 7 nitrogen and oxygen atoms in total. The van der Waals surface area contributed by atoms with Crippen LogP contribution in [0.15, 0.2) is 23.1 Å². The van der Waals surface area contributed by atoms with Crippen LogP contribution in [0.3, 0.4) is 0 Å². The first-order valence-electron chi connectivity index (χ1n) is 8.14. The highest BCUT2D eigenvalue weighted by Gasteiger charge is 2.42. The van der Waals surface area contributed by atoms with Gasteiger partial charge in [0.1, 0.15) is 4.90 Å². The molecular formula is C16H19N3O4S. The lowest BCUT2D eigenvalue weighted by Crippen LogP contribution is -2.32. The van der Waals surface area contributed by atoms with E-state index in [1.54, 1.807) is 17.9 Å². The molecule has 128 valence electrons. The second-order valence-corrected chi connectivity index (χ2v) is 8.41. The van der Waals surface area contributed by atoms with Crippen molar-refractivity contribution in [3.05, 3.63) is 29.3 Å². The summed E-state index contributed by atoms with van der Waals surface area (Å²) >= 11 is 0. The molecule has 2 atom stereocenters. The van der Waals surface area contributed by atoms with Gasteiger partial charge < -0.3 is 10.2 Å². The molecule has 3 aliphatic heterocycles. The van der Waals surface area contributed by atoms with Crippen LogP contribution < -0.4 is 5.32 Å². The van der Waals surface area contributed by atoms with Crippen LogP contribution in [0.4, 0.5) is 0 Å². The summed E-state index contributed by atoms with van der Waals surface area (Å²) in [6.45, 7) is 4.94. The topological polar surface area (TPSA) is 86.8 Å². The van der Waals surface area contributed by atoms with Gasteiger partial charge in [-0.3, -0.25) is 9.59 Å². The maximum atomic E-state index is 12.7. The summed E-state index contributed by atoms with van der Waals surface area (Å²) in [5, 5.41) is 3.32. The van der Waals surface area contributed by atoms with Crippen LogP contribution in [-0.4, -0.2) is 62.2 Å². The van der Waals surface area contributed by atoms with Crippen molar-refractivity contribution >= 4 is 21.8 Å². The number of benzene rings is 1. The fourth-order valence-corrected chi connectivity index (χ4v) is 5.53. The van der Waals surface area contributed by atoms with Crippen LogP contribution in [0.1, 0.15) is 27.6 Å². The molecule has 24 heavy (non-hydrogen) atoms. The van der Waals surface area contributed by atoms with Crippen molar-refractivity contribution < 1.29 is 18.0 Å². The van der Waals surface area contributed by atoms with Gasteiger partial charge in [-0.15, -0.1) is 0 Å². The second kappa shape index (κ2) is 5.29. The van der Waals surface area contributed by atoms with Crippen LogP contribution in [0.5, 0.6) is 0 Å². The first-order valence-corrected chi connectivity index (χ1v) is 9.58. The molecule has 0 aliphatic carbocycles. The Labute approximate surface area is 140 Å². The number of hydrogen-bond acceptors (Lipinski definition) is 5. The third-order valence-electron chi connectivity index (χ3n) is 5.22. The van der Waals surface area contributed by atoms with Gasteiger partial charge in [0.25, 0.3) is 21.8 Å². The van der Waals surface area contributed by atoms with Gasteiger partial charge in [-0.2, -0.15) is 0 Å². The van der Waals surface area contributed by atoms with Gasteiger partial charge in [0.15, 0.2) is 0 Å². The van der Waals surface area contributed by atoms with Crippen LogP contribution in [0.2, 0.25) is 0 Å². The quantitative estimate of drug-likeness (QED) is 0.821. The molecule has 2 saturated heterocycles. The molecule has 2 amide bonds. The Kier molecular flexibility index (Phi) is 3.43. The third kappa shape index (κ3) is 2.09. The van der Waals surface area contributed by atoms with Gasteiger partial charge in [-0.25, -0.2) is 12.7 Å². The zero-order valence-electron chi connectivity index (χ0n) is 13.4. The van der Waals surface area contributed by atoms with E-state index in [1.165, 1.54) is 12.1 Å². The van der Waals surface area contributed by atoms with E-state index < -0.39 is 15.9 Å². The zero-order chi connectivity index (χ0) is 17.1. The molecular weight excluding hydrogens is 330 g/mol. The normalized spacial score (nSPS) is 27.5. The largest absolute Gasteiger partial charge is 0.338 e. The number of carbonyl (C=O) groups excluding carboxylic acids is 2. The van der Waals surface area contributed by atoms with E-state index in [0.29, 0.717) is 30.5 Å². The van der Waals surface area contributed by atoms with E-state index >= 15 is 0 Å². The fourth-order valence-electron chi connectivity index (χ4n) is 3.93. The van der Waals surface area contributed by atoms with Crippen LogP contribution in [-0.2, 0) is 10.0 Å². The number of nitrogens with zero attached hydrogens (tertiary/aromatic N) is 2. The average molecular weight is 349 g/mol. The minimum atomic E-state index is -3.84. The molecule has 2 fully saturated rings. The highest BCUT2D eigenvalue weighted by Crippen LogP contribution is 2.32. The van der Waals surface area contributed by atoms with Crippen molar-refractivity contribution in [1.82, 2.24) is 14.5 Å². The molecule has 3 aliphatic rings. The Hall–Kier alpha value is -1.93. The van der Waals surface area contributed by atoms with Crippen molar-refractivity contribution in [2.24, 2.45) is 11.8 Å². The molecule has 0 saturated carbocycles. The Morgan fingerprint density at radius 2 is 1.92 bits per heavy atom. The summed E-state index contributed by atoms with van der Waals surface area (Å²) in [6.07, 6.45) is 0. The summed E-state index contributed by atoms with van der Waals surface area (Å²) < 4.78 is 25.8. The Morgan fingerprint density at radius 3 is 2.54 bits per heavy atom. The van der Waals surface area contributed by atoms with E-state index in [4.69, 9.17) is 0 Å². The minimum Gasteiger partial charge on any atom is -0.338 e. The summed E-state index contributed by atoms with van der Waals surface area (Å²) in [7, 11) is -3.84. The first kappa shape index (κ1) is 15.6. The standard InChI is InChI=1S/C16H19N3O4S/c1-2-19-16(21)13-4-3-10(5-14(13)24(19,22)23)15(20)18-8-11-6-17-7-12(11)9-18/h3-5,11-12,17H,2,6-9H2,1H3/t11-,12+. The number of hydrogen-bond donors (Lipinski definition) is 1. The predicted octanol–water partition coefficient (Wildman–Crippen LogP) is 0.142. The van der Waals surface area contributed by atoms with Gasteiger partial charge in [0.05, 0.1) is 5.56 Å². The van der Waals surface area contributed by atoms with Gasteiger partial charge in [0, 0.05) is 38.3 Å². The van der Waals surface area contributed by atoms with E-state index in [-0.39, 0.29) is 22.9 Å². The molecule has 0 unspecified atom stereocenters. The van der Waals surface area contributed by atoms with E-state index in [1.807, 2.05) is 0 Å². The van der Waals surface area contributed by atoms with Crippen molar-refractivity contribution in [2.75, 3.05) is 32.7 Å². The maximum absolute atomic E-state index is 12.7. The Morgan fingerprint density at radius 1 is 1.25 bits per heavy atom. The van der Waals surface area contributed by atoms with Gasteiger partial charge in [-0.1, -0.05) is 0 Å². The number of likely N-dealkylation sites (tertiary alicyclic amines) is 1. The summed E-state index contributed by atoms with van der Waals surface area (Å²) in [6, 6.07) is 4.36. The number of carbonyl (C=O) groups is 2. The summed E-state index contributed by atoms with van der Waals surface area (Å²) in [5.41, 5.74) is 0.479. The highest BCUT2D eigenvalue weighted by atomic mass is 32.2. The maximum Gasteiger partial charge on any atom is 0.268 e. The van der Waals surface area contributed by atoms with E-state index in [2.05, 4.69) is 5.32 Å². The molecule has 1 N–H and O–H groups in total. The number of amides is 2. The molecule has 0 bridgehead atoms. The molecule has 0 aromatic heterocycles. The van der Waals surface area contributed by atoms with Gasteiger partial charge in [0.2, 0.25) is 0 Å². The van der Waals surface area contributed by atoms with E-state index in [9.17, 15) is 18.0 Å². The Bertz CT molecular complexity index is 824. The SMILES string of the molecule is CCN1C(=O)c2ccc(C(=O)N3C[C@H]4CNC[C@H]4C3)cc2S1(=O)=O. The summed E-state index contributed by atoms with van der Waals surface area (Å²) in [4.78, 5) is 26.6.